The number of aromatic hydroxyl groups is 1. The molecule has 4 aromatic rings. The molecule has 1 N–H and O–H groups in total. The molecule has 0 fully saturated rings. The van der Waals surface area contributed by atoms with Gasteiger partial charge in [-0.2, -0.15) is 4.37 Å². The molecule has 0 saturated heterocycles. The average Bonchev–Trinajstić information content (AvgIpc) is 3.36. The molecule has 3 nitrogen and oxygen atoms in total. The minimum Gasteiger partial charge on any atom is -0.493 e. The summed E-state index contributed by atoms with van der Waals surface area (Å²) in [5.74, 6) is 0.928. The normalized spacial score (nSPS) is 15.4. The minimum absolute atomic E-state index is 0.0668. The topological polar surface area (TPSA) is 42.4 Å². The van der Waals surface area contributed by atoms with Crippen molar-refractivity contribution in [3.63, 3.8) is 0 Å². The van der Waals surface area contributed by atoms with Gasteiger partial charge < -0.3 is 9.84 Å². The molecular weight excluding hydrogens is 366 g/mol. The van der Waals surface area contributed by atoms with Gasteiger partial charge >= 0.3 is 0 Å². The first-order chi connectivity index (χ1) is 13.8. The van der Waals surface area contributed by atoms with Crippen LogP contribution in [0.3, 0.4) is 0 Å². The number of hydrogen-bond donors (Lipinski definition) is 1. The molecule has 0 amide bonds. The Morgan fingerprint density at radius 3 is 2.46 bits per heavy atom. The van der Waals surface area contributed by atoms with Crippen LogP contribution in [0.25, 0.3) is 21.6 Å². The van der Waals surface area contributed by atoms with Gasteiger partial charge in [-0.15, -0.1) is 0 Å². The summed E-state index contributed by atoms with van der Waals surface area (Å²) in [4.78, 5) is 0.947. The molecule has 0 aliphatic heterocycles. The van der Waals surface area contributed by atoms with E-state index in [2.05, 4.69) is 52.9 Å². The highest BCUT2D eigenvalue weighted by Gasteiger charge is 2.26. The second-order valence-electron chi connectivity index (χ2n) is 6.96. The van der Waals surface area contributed by atoms with Crippen molar-refractivity contribution in [3.05, 3.63) is 90.0 Å². The molecule has 1 aliphatic rings. The number of benzene rings is 3. The van der Waals surface area contributed by atoms with Gasteiger partial charge in [-0.1, -0.05) is 48.5 Å². The van der Waals surface area contributed by atoms with Gasteiger partial charge in [0.15, 0.2) is 0 Å². The van der Waals surface area contributed by atoms with Crippen LogP contribution in [0, 0.1) is 0 Å². The highest BCUT2D eigenvalue weighted by atomic mass is 32.1. The quantitative estimate of drug-likeness (QED) is 0.451. The van der Waals surface area contributed by atoms with E-state index in [1.54, 1.807) is 6.07 Å². The summed E-state index contributed by atoms with van der Waals surface area (Å²) >= 11 is 1.29. The molecule has 1 atom stereocenters. The smallest absolute Gasteiger partial charge is 0.223 e. The second kappa shape index (κ2) is 7.13. The summed E-state index contributed by atoms with van der Waals surface area (Å²) in [5.41, 5.74) is 6.29. The van der Waals surface area contributed by atoms with E-state index in [9.17, 15) is 5.11 Å². The average molecular weight is 385 g/mol. The van der Waals surface area contributed by atoms with Crippen molar-refractivity contribution < 1.29 is 9.84 Å². The van der Waals surface area contributed by atoms with Gasteiger partial charge in [0.2, 0.25) is 5.88 Å². The van der Waals surface area contributed by atoms with Gasteiger partial charge in [0.1, 0.15) is 11.9 Å². The summed E-state index contributed by atoms with van der Waals surface area (Å²) in [5, 5.41) is 9.43. The molecule has 4 heteroatoms. The summed E-state index contributed by atoms with van der Waals surface area (Å²) in [6.07, 6.45) is 2.10. The number of fused-ring (bicyclic) bond motifs is 1. The van der Waals surface area contributed by atoms with E-state index >= 15 is 0 Å². The Labute approximate surface area is 168 Å². The lowest BCUT2D eigenvalue weighted by molar-refractivity contribution is 0.207. The number of ether oxygens (including phenoxy) is 1. The lowest BCUT2D eigenvalue weighted by Crippen LogP contribution is -2.03. The van der Waals surface area contributed by atoms with Crippen LogP contribution in [0.2, 0.25) is 0 Å². The maximum atomic E-state index is 9.43. The van der Waals surface area contributed by atoms with Crippen LogP contribution in [0.1, 0.15) is 23.7 Å². The summed E-state index contributed by atoms with van der Waals surface area (Å²) < 4.78 is 10.2. The van der Waals surface area contributed by atoms with E-state index < -0.39 is 0 Å². The van der Waals surface area contributed by atoms with Crippen LogP contribution in [0.4, 0.5) is 0 Å². The Hall–Kier alpha value is -3.11. The third-order valence-electron chi connectivity index (χ3n) is 5.22. The van der Waals surface area contributed by atoms with Gasteiger partial charge in [-0.25, -0.2) is 0 Å². The molecule has 28 heavy (non-hydrogen) atoms. The monoisotopic (exact) mass is 385 g/mol. The van der Waals surface area contributed by atoms with Crippen molar-refractivity contribution >= 4 is 11.5 Å². The van der Waals surface area contributed by atoms with Crippen molar-refractivity contribution in [1.29, 1.82) is 0 Å². The van der Waals surface area contributed by atoms with Gasteiger partial charge in [0.05, 0.1) is 4.88 Å². The molecule has 0 saturated carbocycles. The van der Waals surface area contributed by atoms with E-state index in [0.29, 0.717) is 0 Å². The van der Waals surface area contributed by atoms with Crippen LogP contribution in [-0.4, -0.2) is 9.48 Å². The molecule has 1 aliphatic carbocycles. The lowest BCUT2D eigenvalue weighted by atomic mass is 9.97. The highest BCUT2D eigenvalue weighted by Crippen LogP contribution is 2.40. The van der Waals surface area contributed by atoms with Crippen molar-refractivity contribution in [3.8, 4) is 33.2 Å². The molecule has 1 heterocycles. The summed E-state index contributed by atoms with van der Waals surface area (Å²) in [6.45, 7) is 0. The number of hydrogen-bond acceptors (Lipinski definition) is 4. The summed E-state index contributed by atoms with van der Waals surface area (Å²) in [6, 6.07) is 26.8. The van der Waals surface area contributed by atoms with E-state index in [0.717, 1.165) is 29.0 Å². The number of aromatic nitrogens is 1. The fourth-order valence-electron chi connectivity index (χ4n) is 3.89. The van der Waals surface area contributed by atoms with E-state index in [1.165, 1.54) is 33.8 Å². The molecule has 1 aromatic heterocycles. The minimum atomic E-state index is 0.0668. The van der Waals surface area contributed by atoms with E-state index in [4.69, 9.17) is 4.74 Å². The molecular formula is C24H19NO2S. The van der Waals surface area contributed by atoms with Crippen LogP contribution in [0.15, 0.2) is 78.9 Å². The number of rotatable bonds is 4. The first kappa shape index (κ1) is 17.0. The molecule has 5 rings (SSSR count). The largest absolute Gasteiger partial charge is 0.493 e. The van der Waals surface area contributed by atoms with E-state index in [1.807, 2.05) is 24.3 Å². The Bertz CT molecular complexity index is 1100. The predicted octanol–water partition coefficient (Wildman–Crippen LogP) is 6.25. The maximum absolute atomic E-state index is 9.43. The standard InChI is InChI=1S/C24H19NO2S/c26-24-15-23(28-25-24)17-9-11-18(12-10-17)27-22-14-13-20-19(7-4-8-21(20)22)16-5-2-1-3-6-16/h1-12,15,22H,13-14H2,(H,25,26)/t22-/m1/s1. The van der Waals surface area contributed by atoms with Crippen molar-refractivity contribution in [2.45, 2.75) is 18.9 Å². The Morgan fingerprint density at radius 2 is 1.71 bits per heavy atom. The van der Waals surface area contributed by atoms with Gasteiger partial charge in [0, 0.05) is 6.07 Å². The second-order valence-corrected chi connectivity index (χ2v) is 7.76. The predicted molar refractivity (Wildman–Crippen MR) is 113 cm³/mol. The Balaban J connectivity index is 1.39. The first-order valence-electron chi connectivity index (χ1n) is 9.38. The molecule has 3 aromatic carbocycles. The van der Waals surface area contributed by atoms with Crippen molar-refractivity contribution in [2.75, 3.05) is 0 Å². The molecule has 0 radical (unpaired) electrons. The zero-order valence-corrected chi connectivity index (χ0v) is 16.0. The van der Waals surface area contributed by atoms with Gasteiger partial charge in [-0.3, -0.25) is 0 Å². The fourth-order valence-corrected chi connectivity index (χ4v) is 4.54. The van der Waals surface area contributed by atoms with Crippen LogP contribution in [-0.2, 0) is 6.42 Å². The first-order valence-corrected chi connectivity index (χ1v) is 10.2. The van der Waals surface area contributed by atoms with Crippen molar-refractivity contribution in [2.24, 2.45) is 0 Å². The SMILES string of the molecule is Oc1cc(-c2ccc(O[C@@H]3CCc4c(-c5ccccc5)cccc43)cc2)sn1. The summed E-state index contributed by atoms with van der Waals surface area (Å²) in [7, 11) is 0. The van der Waals surface area contributed by atoms with Crippen LogP contribution in [0.5, 0.6) is 11.6 Å². The third kappa shape index (κ3) is 3.16. The Kier molecular flexibility index (Phi) is 4.34. The molecule has 0 unspecified atom stereocenters. The van der Waals surface area contributed by atoms with Gasteiger partial charge in [0.25, 0.3) is 0 Å². The molecule has 138 valence electrons. The van der Waals surface area contributed by atoms with Crippen molar-refractivity contribution in [1.82, 2.24) is 4.37 Å². The molecule has 0 spiro atoms. The zero-order chi connectivity index (χ0) is 18.9. The van der Waals surface area contributed by atoms with Gasteiger partial charge in [-0.05, 0) is 76.5 Å². The number of nitrogens with zero attached hydrogens (tertiary/aromatic N) is 1. The Morgan fingerprint density at radius 1 is 0.893 bits per heavy atom. The molecule has 0 bridgehead atoms. The van der Waals surface area contributed by atoms with Crippen LogP contribution >= 0.6 is 11.5 Å². The maximum Gasteiger partial charge on any atom is 0.223 e. The third-order valence-corrected chi connectivity index (χ3v) is 6.04. The lowest BCUT2D eigenvalue weighted by Gasteiger charge is -2.16. The zero-order valence-electron chi connectivity index (χ0n) is 15.2. The van der Waals surface area contributed by atoms with Crippen LogP contribution < -0.4 is 4.74 Å². The fraction of sp³-hybridized carbons (Fsp3) is 0.125. The van der Waals surface area contributed by atoms with E-state index in [-0.39, 0.29) is 12.0 Å². The highest BCUT2D eigenvalue weighted by molar-refractivity contribution is 7.09.